The van der Waals surface area contributed by atoms with Crippen LogP contribution >= 0.6 is 0 Å². The summed E-state index contributed by atoms with van der Waals surface area (Å²) in [6.45, 7) is 4.02. The molecule has 0 aromatic heterocycles. The van der Waals surface area contributed by atoms with Crippen LogP contribution in [0.1, 0.15) is 29.0 Å². The second-order valence-electron chi connectivity index (χ2n) is 6.43. The third kappa shape index (κ3) is 4.47. The summed E-state index contributed by atoms with van der Waals surface area (Å²) in [6.07, 6.45) is -4.08. The molecule has 0 radical (unpaired) electrons. The number of para-hydroxylation sites is 1. The Bertz CT molecular complexity index is 833. The predicted molar refractivity (Wildman–Crippen MR) is 95.4 cm³/mol. The summed E-state index contributed by atoms with van der Waals surface area (Å²) < 4.78 is 41.7. The lowest BCUT2D eigenvalue weighted by Gasteiger charge is -2.12. The quantitative estimate of drug-likeness (QED) is 0.622. The number of aliphatic imine (C=N–C) groups is 1. The van der Waals surface area contributed by atoms with Crippen LogP contribution in [0.3, 0.4) is 0 Å². The molecule has 3 N–H and O–H groups in total. The first-order chi connectivity index (χ1) is 12.2. The lowest BCUT2D eigenvalue weighted by Crippen LogP contribution is -2.23. The first kappa shape index (κ1) is 18.1. The van der Waals surface area contributed by atoms with Gasteiger partial charge in [0, 0.05) is 11.6 Å². The minimum atomic E-state index is -4.71. The zero-order chi connectivity index (χ0) is 18.9. The molecule has 2 aromatic rings. The van der Waals surface area contributed by atoms with Crippen LogP contribution in [0, 0.1) is 13.8 Å². The van der Waals surface area contributed by atoms with E-state index in [-0.39, 0.29) is 23.7 Å². The molecule has 7 heteroatoms. The van der Waals surface area contributed by atoms with E-state index in [0.29, 0.717) is 12.0 Å². The zero-order valence-corrected chi connectivity index (χ0v) is 14.5. The minimum Gasteiger partial charge on any atom is -0.405 e. The Kier molecular flexibility index (Phi) is 4.80. The largest absolute Gasteiger partial charge is 0.573 e. The summed E-state index contributed by atoms with van der Waals surface area (Å²) in [5.74, 6) is -0.0629. The number of benzene rings is 2. The first-order valence-corrected chi connectivity index (χ1v) is 8.25. The van der Waals surface area contributed by atoms with Gasteiger partial charge in [-0.1, -0.05) is 24.3 Å². The second-order valence-corrected chi connectivity index (χ2v) is 6.43. The van der Waals surface area contributed by atoms with Crippen molar-refractivity contribution in [2.75, 3.05) is 5.32 Å². The number of guanidine groups is 1. The van der Waals surface area contributed by atoms with Crippen molar-refractivity contribution in [3.63, 3.8) is 0 Å². The van der Waals surface area contributed by atoms with Crippen LogP contribution in [0.5, 0.6) is 5.75 Å². The number of nitrogens with one attached hydrogen (secondary N) is 1. The molecule has 2 atom stereocenters. The van der Waals surface area contributed by atoms with E-state index < -0.39 is 6.36 Å². The van der Waals surface area contributed by atoms with Gasteiger partial charge in [-0.05, 0) is 55.2 Å². The van der Waals surface area contributed by atoms with E-state index in [9.17, 15) is 13.2 Å². The molecule has 1 aliphatic rings. The molecule has 0 saturated heterocycles. The maximum absolute atomic E-state index is 12.5. The average molecular weight is 363 g/mol. The first-order valence-electron chi connectivity index (χ1n) is 8.25. The van der Waals surface area contributed by atoms with Gasteiger partial charge in [0.05, 0.1) is 6.04 Å². The molecule has 3 rings (SSSR count). The van der Waals surface area contributed by atoms with Crippen LogP contribution in [0.4, 0.5) is 18.9 Å². The van der Waals surface area contributed by atoms with E-state index in [1.807, 2.05) is 32.0 Å². The Balaban J connectivity index is 1.68. The van der Waals surface area contributed by atoms with Crippen molar-refractivity contribution in [3.8, 4) is 5.75 Å². The van der Waals surface area contributed by atoms with Gasteiger partial charge in [-0.3, -0.25) is 0 Å². The highest BCUT2D eigenvalue weighted by Crippen LogP contribution is 2.47. The van der Waals surface area contributed by atoms with Crippen LogP contribution in [0.2, 0.25) is 0 Å². The molecule has 4 nitrogen and oxygen atoms in total. The smallest absolute Gasteiger partial charge is 0.405 e. The highest BCUT2D eigenvalue weighted by atomic mass is 19.4. The van der Waals surface area contributed by atoms with E-state index in [2.05, 4.69) is 15.0 Å². The SMILES string of the molecule is Cc1ccc(NC(N)=NC2CC2c2ccccc2OC(F)(F)F)cc1C. The maximum atomic E-state index is 12.5. The zero-order valence-electron chi connectivity index (χ0n) is 14.5. The summed E-state index contributed by atoms with van der Waals surface area (Å²) in [4.78, 5) is 4.38. The van der Waals surface area contributed by atoms with Gasteiger partial charge in [-0.15, -0.1) is 13.2 Å². The maximum Gasteiger partial charge on any atom is 0.573 e. The molecule has 0 aliphatic heterocycles. The van der Waals surface area contributed by atoms with Crippen LogP contribution in [0.25, 0.3) is 0 Å². The Morgan fingerprint density at radius 1 is 1.15 bits per heavy atom. The second kappa shape index (κ2) is 6.90. The molecular weight excluding hydrogens is 343 g/mol. The van der Waals surface area contributed by atoms with E-state index in [0.717, 1.165) is 11.3 Å². The fourth-order valence-electron chi connectivity index (χ4n) is 2.84. The Hall–Kier alpha value is -2.70. The molecule has 0 amide bonds. The number of alkyl halides is 3. The molecule has 0 bridgehead atoms. The van der Waals surface area contributed by atoms with Crippen LogP contribution < -0.4 is 15.8 Å². The average Bonchev–Trinajstić information content (AvgIpc) is 3.28. The van der Waals surface area contributed by atoms with Crippen molar-refractivity contribution in [3.05, 3.63) is 59.2 Å². The lowest BCUT2D eigenvalue weighted by molar-refractivity contribution is -0.274. The van der Waals surface area contributed by atoms with Gasteiger partial charge in [0.25, 0.3) is 0 Å². The number of ether oxygens (including phenoxy) is 1. The molecule has 0 spiro atoms. The minimum absolute atomic E-state index is 0.131. The number of hydrogen-bond donors (Lipinski definition) is 2. The summed E-state index contributed by atoms with van der Waals surface area (Å²) in [6, 6.07) is 11.8. The standard InChI is InChI=1S/C19H20F3N3O/c1-11-7-8-13(9-12(11)2)24-18(23)25-16-10-15(16)14-5-3-4-6-17(14)26-19(20,21)22/h3-9,15-16H,10H2,1-2H3,(H3,23,24,25). The highest BCUT2D eigenvalue weighted by Gasteiger charge is 2.42. The number of hydrogen-bond acceptors (Lipinski definition) is 2. The molecule has 26 heavy (non-hydrogen) atoms. The van der Waals surface area contributed by atoms with Crippen LogP contribution in [0.15, 0.2) is 47.5 Å². The number of halogens is 3. The number of nitrogens with two attached hydrogens (primary N) is 1. The van der Waals surface area contributed by atoms with Gasteiger partial charge >= 0.3 is 6.36 Å². The monoisotopic (exact) mass is 363 g/mol. The topological polar surface area (TPSA) is 59.6 Å². The molecular formula is C19H20F3N3O. The van der Waals surface area contributed by atoms with Gasteiger partial charge in [0.15, 0.2) is 5.96 Å². The van der Waals surface area contributed by atoms with Gasteiger partial charge in [-0.25, -0.2) is 4.99 Å². The molecule has 1 aliphatic carbocycles. The molecule has 2 unspecified atom stereocenters. The third-order valence-electron chi connectivity index (χ3n) is 4.39. The van der Waals surface area contributed by atoms with Crippen molar-refractivity contribution >= 4 is 11.6 Å². The number of aryl methyl sites for hydroxylation is 2. The highest BCUT2D eigenvalue weighted by molar-refractivity contribution is 5.92. The van der Waals surface area contributed by atoms with E-state index >= 15 is 0 Å². The van der Waals surface area contributed by atoms with E-state index in [1.54, 1.807) is 12.1 Å². The van der Waals surface area contributed by atoms with Crippen molar-refractivity contribution in [2.45, 2.75) is 38.6 Å². The van der Waals surface area contributed by atoms with Crippen molar-refractivity contribution < 1.29 is 17.9 Å². The summed E-state index contributed by atoms with van der Waals surface area (Å²) in [5, 5.41) is 3.02. The van der Waals surface area contributed by atoms with Crippen molar-refractivity contribution in [2.24, 2.45) is 10.7 Å². The number of anilines is 1. The summed E-state index contributed by atoms with van der Waals surface area (Å²) >= 11 is 0. The lowest BCUT2D eigenvalue weighted by atomic mass is 10.1. The van der Waals surface area contributed by atoms with Gasteiger partial charge in [0.1, 0.15) is 5.75 Å². The Labute approximate surface area is 149 Å². The van der Waals surface area contributed by atoms with Gasteiger partial charge in [0.2, 0.25) is 0 Å². The van der Waals surface area contributed by atoms with Gasteiger partial charge < -0.3 is 15.8 Å². The number of nitrogens with zero attached hydrogens (tertiary/aromatic N) is 1. The third-order valence-corrected chi connectivity index (χ3v) is 4.39. The molecule has 1 saturated carbocycles. The molecule has 138 valence electrons. The van der Waals surface area contributed by atoms with Crippen molar-refractivity contribution in [1.82, 2.24) is 0 Å². The van der Waals surface area contributed by atoms with Crippen molar-refractivity contribution in [1.29, 1.82) is 0 Å². The molecule has 2 aromatic carbocycles. The Morgan fingerprint density at radius 2 is 1.88 bits per heavy atom. The molecule has 1 fully saturated rings. The fraction of sp³-hybridized carbons (Fsp3) is 0.316. The van der Waals surface area contributed by atoms with E-state index in [1.165, 1.54) is 17.7 Å². The fourth-order valence-corrected chi connectivity index (χ4v) is 2.84. The summed E-state index contributed by atoms with van der Waals surface area (Å²) in [5.41, 5.74) is 9.57. The summed E-state index contributed by atoms with van der Waals surface area (Å²) in [7, 11) is 0. The molecule has 0 heterocycles. The van der Waals surface area contributed by atoms with Crippen LogP contribution in [-0.2, 0) is 0 Å². The number of rotatable bonds is 4. The van der Waals surface area contributed by atoms with E-state index in [4.69, 9.17) is 5.73 Å². The Morgan fingerprint density at radius 3 is 2.58 bits per heavy atom. The van der Waals surface area contributed by atoms with Crippen LogP contribution in [-0.4, -0.2) is 18.4 Å². The van der Waals surface area contributed by atoms with Gasteiger partial charge in [-0.2, -0.15) is 0 Å². The predicted octanol–water partition coefficient (Wildman–Crippen LogP) is 4.48. The normalized spacial score (nSPS) is 20.0.